The van der Waals surface area contributed by atoms with Crippen LogP contribution in [0.3, 0.4) is 0 Å². The van der Waals surface area contributed by atoms with Crippen LogP contribution in [0.2, 0.25) is 0 Å². The zero-order chi connectivity index (χ0) is 10.8. The van der Waals surface area contributed by atoms with E-state index in [1.54, 1.807) is 14.2 Å². The summed E-state index contributed by atoms with van der Waals surface area (Å²) in [4.78, 5) is 0. The smallest absolute Gasteiger partial charge is 0.0615 e. The molecule has 0 aliphatic carbocycles. The molecule has 0 heterocycles. The Labute approximate surface area is 88.2 Å². The number of ether oxygens (including phenoxy) is 2. The molecule has 0 spiro atoms. The van der Waals surface area contributed by atoms with Crippen molar-refractivity contribution in [3.05, 3.63) is 0 Å². The molecule has 2 unspecified atom stereocenters. The molecule has 0 bridgehead atoms. The molecule has 0 radical (unpaired) electrons. The predicted molar refractivity (Wildman–Crippen MR) is 59.6 cm³/mol. The lowest BCUT2D eigenvalue weighted by Gasteiger charge is -2.21. The molecule has 0 rings (SSSR count). The van der Waals surface area contributed by atoms with Gasteiger partial charge in [-0.3, -0.25) is 0 Å². The highest BCUT2D eigenvalue weighted by Crippen LogP contribution is 2.06. The lowest BCUT2D eigenvalue weighted by atomic mass is 10.0. The van der Waals surface area contributed by atoms with Gasteiger partial charge in [0.05, 0.1) is 6.61 Å². The standard InChI is InChI=1S/C11H25NO2/c1-5-6-12-11(9-14-4)7-10(2)8-13-3/h10-12H,5-9H2,1-4H3. The average Bonchev–Trinajstić information content (AvgIpc) is 2.15. The number of hydrogen-bond donors (Lipinski definition) is 1. The van der Waals surface area contributed by atoms with Crippen LogP contribution in [-0.2, 0) is 9.47 Å². The molecule has 0 aliphatic heterocycles. The third-order valence-electron chi connectivity index (χ3n) is 2.19. The number of methoxy groups -OCH3 is 2. The van der Waals surface area contributed by atoms with Crippen LogP contribution in [0, 0.1) is 5.92 Å². The first kappa shape index (κ1) is 13.9. The molecule has 0 aromatic carbocycles. The molecule has 0 saturated heterocycles. The van der Waals surface area contributed by atoms with Gasteiger partial charge in [-0.05, 0) is 25.3 Å². The van der Waals surface area contributed by atoms with Gasteiger partial charge in [0.1, 0.15) is 0 Å². The molecule has 1 N–H and O–H groups in total. The fourth-order valence-corrected chi connectivity index (χ4v) is 1.60. The van der Waals surface area contributed by atoms with Crippen molar-refractivity contribution in [2.24, 2.45) is 5.92 Å². The van der Waals surface area contributed by atoms with Gasteiger partial charge in [0.2, 0.25) is 0 Å². The minimum atomic E-state index is 0.463. The van der Waals surface area contributed by atoms with Gasteiger partial charge in [-0.1, -0.05) is 13.8 Å². The van der Waals surface area contributed by atoms with Crippen molar-refractivity contribution < 1.29 is 9.47 Å². The van der Waals surface area contributed by atoms with Crippen molar-refractivity contribution in [3.8, 4) is 0 Å². The Bertz CT molecular complexity index is 120. The molecule has 2 atom stereocenters. The van der Waals surface area contributed by atoms with E-state index in [1.165, 1.54) is 6.42 Å². The average molecular weight is 203 g/mol. The summed E-state index contributed by atoms with van der Waals surface area (Å²) in [6, 6.07) is 0.463. The SMILES string of the molecule is CCCNC(COC)CC(C)COC. The van der Waals surface area contributed by atoms with Crippen molar-refractivity contribution >= 4 is 0 Å². The fourth-order valence-electron chi connectivity index (χ4n) is 1.60. The van der Waals surface area contributed by atoms with Crippen molar-refractivity contribution in [2.75, 3.05) is 34.0 Å². The summed E-state index contributed by atoms with van der Waals surface area (Å²) in [5.74, 6) is 0.588. The van der Waals surface area contributed by atoms with E-state index < -0.39 is 0 Å². The zero-order valence-corrected chi connectivity index (χ0v) is 10.0. The van der Waals surface area contributed by atoms with Gasteiger partial charge in [-0.25, -0.2) is 0 Å². The molecule has 3 nitrogen and oxygen atoms in total. The molecule has 0 aromatic heterocycles. The third-order valence-corrected chi connectivity index (χ3v) is 2.19. The molecule has 3 heteroatoms. The first-order valence-electron chi connectivity index (χ1n) is 5.45. The first-order chi connectivity index (χ1) is 6.74. The summed E-state index contributed by atoms with van der Waals surface area (Å²) < 4.78 is 10.3. The highest BCUT2D eigenvalue weighted by atomic mass is 16.5. The van der Waals surface area contributed by atoms with Crippen LogP contribution >= 0.6 is 0 Å². The van der Waals surface area contributed by atoms with Gasteiger partial charge in [-0.2, -0.15) is 0 Å². The predicted octanol–water partition coefficient (Wildman–Crippen LogP) is 1.67. The number of rotatable bonds is 9. The van der Waals surface area contributed by atoms with E-state index in [4.69, 9.17) is 9.47 Å². The molecule has 14 heavy (non-hydrogen) atoms. The molecule has 0 fully saturated rings. The summed E-state index contributed by atoms with van der Waals surface area (Å²) >= 11 is 0. The molecule has 0 aromatic rings. The van der Waals surface area contributed by atoms with Crippen LogP contribution in [0.4, 0.5) is 0 Å². The highest BCUT2D eigenvalue weighted by Gasteiger charge is 2.11. The number of hydrogen-bond acceptors (Lipinski definition) is 3. The Morgan fingerprint density at radius 1 is 1.14 bits per heavy atom. The van der Waals surface area contributed by atoms with E-state index in [1.807, 2.05) is 0 Å². The maximum absolute atomic E-state index is 5.18. The minimum Gasteiger partial charge on any atom is -0.384 e. The Balaban J connectivity index is 3.69. The molecule has 0 amide bonds. The van der Waals surface area contributed by atoms with Crippen LogP contribution in [0.15, 0.2) is 0 Å². The van der Waals surface area contributed by atoms with Crippen LogP contribution in [-0.4, -0.2) is 40.0 Å². The van der Waals surface area contributed by atoms with Crippen molar-refractivity contribution in [2.45, 2.75) is 32.7 Å². The van der Waals surface area contributed by atoms with Crippen molar-refractivity contribution in [1.82, 2.24) is 5.32 Å². The third kappa shape index (κ3) is 7.30. The van der Waals surface area contributed by atoms with Gasteiger partial charge < -0.3 is 14.8 Å². The lowest BCUT2D eigenvalue weighted by molar-refractivity contribution is 0.123. The fraction of sp³-hybridized carbons (Fsp3) is 1.00. The van der Waals surface area contributed by atoms with Crippen LogP contribution in [0.5, 0.6) is 0 Å². The summed E-state index contributed by atoms with van der Waals surface area (Å²) in [5, 5.41) is 3.48. The monoisotopic (exact) mass is 203 g/mol. The van der Waals surface area contributed by atoms with Gasteiger partial charge >= 0.3 is 0 Å². The second-order valence-electron chi connectivity index (χ2n) is 3.90. The topological polar surface area (TPSA) is 30.5 Å². The quantitative estimate of drug-likeness (QED) is 0.618. The van der Waals surface area contributed by atoms with E-state index in [-0.39, 0.29) is 0 Å². The lowest BCUT2D eigenvalue weighted by Crippen LogP contribution is -2.35. The minimum absolute atomic E-state index is 0.463. The van der Waals surface area contributed by atoms with E-state index >= 15 is 0 Å². The second kappa shape index (κ2) is 9.44. The molecule has 0 aliphatic rings. The number of nitrogens with one attached hydrogen (secondary N) is 1. The van der Waals surface area contributed by atoms with Crippen LogP contribution in [0.1, 0.15) is 26.7 Å². The molecule has 0 saturated carbocycles. The summed E-state index contributed by atoms with van der Waals surface area (Å²) in [5.41, 5.74) is 0. The van der Waals surface area contributed by atoms with E-state index in [2.05, 4.69) is 19.2 Å². The summed E-state index contributed by atoms with van der Waals surface area (Å²) in [6.45, 7) is 7.06. The summed E-state index contributed by atoms with van der Waals surface area (Å²) in [6.07, 6.45) is 2.28. The Morgan fingerprint density at radius 3 is 2.29 bits per heavy atom. The van der Waals surface area contributed by atoms with E-state index in [9.17, 15) is 0 Å². The van der Waals surface area contributed by atoms with Gasteiger partial charge in [0, 0.05) is 26.9 Å². The highest BCUT2D eigenvalue weighted by molar-refractivity contribution is 4.69. The van der Waals surface area contributed by atoms with Gasteiger partial charge in [0.15, 0.2) is 0 Å². The van der Waals surface area contributed by atoms with E-state index in [0.717, 1.165) is 26.2 Å². The normalized spacial score (nSPS) is 15.4. The van der Waals surface area contributed by atoms with Gasteiger partial charge in [0.25, 0.3) is 0 Å². The zero-order valence-electron chi connectivity index (χ0n) is 10.0. The molecule has 86 valence electrons. The van der Waals surface area contributed by atoms with Crippen molar-refractivity contribution in [1.29, 1.82) is 0 Å². The van der Waals surface area contributed by atoms with Crippen LogP contribution in [0.25, 0.3) is 0 Å². The Morgan fingerprint density at radius 2 is 1.79 bits per heavy atom. The maximum Gasteiger partial charge on any atom is 0.0615 e. The first-order valence-corrected chi connectivity index (χ1v) is 5.45. The van der Waals surface area contributed by atoms with E-state index in [0.29, 0.717) is 12.0 Å². The Kier molecular flexibility index (Phi) is 9.35. The van der Waals surface area contributed by atoms with Crippen molar-refractivity contribution in [3.63, 3.8) is 0 Å². The van der Waals surface area contributed by atoms with Crippen LogP contribution < -0.4 is 5.32 Å². The van der Waals surface area contributed by atoms with Gasteiger partial charge in [-0.15, -0.1) is 0 Å². The largest absolute Gasteiger partial charge is 0.384 e. The maximum atomic E-state index is 5.18. The summed E-state index contributed by atoms with van der Waals surface area (Å²) in [7, 11) is 3.50. The molecular weight excluding hydrogens is 178 g/mol. The Hall–Kier alpha value is -0.120. The second-order valence-corrected chi connectivity index (χ2v) is 3.90. The molecular formula is C11H25NO2.